The first-order valence-corrected chi connectivity index (χ1v) is 15.6. The molecule has 0 fully saturated rings. The van der Waals surface area contributed by atoms with Crippen LogP contribution in [0.4, 0.5) is 4.39 Å². The Kier molecular flexibility index (Phi) is 12.9. The molecule has 0 aliphatic carbocycles. The Balaban J connectivity index is 1.59. The van der Waals surface area contributed by atoms with E-state index >= 15 is 4.39 Å². The highest BCUT2D eigenvalue weighted by molar-refractivity contribution is 6.22. The molecule has 0 bridgehead atoms. The zero-order valence-corrected chi connectivity index (χ0v) is 27.4. The Morgan fingerprint density at radius 2 is 1.30 bits per heavy atom. The molecule has 0 radical (unpaired) electrons. The highest BCUT2D eigenvalue weighted by Crippen LogP contribution is 2.42. The first kappa shape index (κ1) is 36.0. The standard InChI is InChI=1S/C37H36FNO11/c1-43-18-20-45-22-47-32-27(16-17-28(38)34(32)48-23-46-21-19-44-2)33(49-29-15-9-14-26-30(29)36(41)39-35(26)40)37(42)50-31(24-10-5-3-6-11-24)25-12-7-4-8-13-25/h3-17,31,33H,18-23H2,1-2H3,(H,39,40,41). The van der Waals surface area contributed by atoms with Crippen LogP contribution >= 0.6 is 0 Å². The first-order valence-electron chi connectivity index (χ1n) is 15.6. The van der Waals surface area contributed by atoms with Crippen molar-refractivity contribution in [2.45, 2.75) is 12.2 Å². The van der Waals surface area contributed by atoms with Crippen LogP contribution in [-0.4, -0.2) is 72.0 Å². The number of nitrogens with one attached hydrogen (secondary N) is 1. The Morgan fingerprint density at radius 3 is 1.90 bits per heavy atom. The number of benzene rings is 4. The van der Waals surface area contributed by atoms with Crippen molar-refractivity contribution >= 4 is 17.8 Å². The summed E-state index contributed by atoms with van der Waals surface area (Å²) in [6.07, 6.45) is -2.58. The fraction of sp³-hybridized carbons (Fsp3) is 0.270. The number of amides is 2. The van der Waals surface area contributed by atoms with Crippen molar-refractivity contribution in [1.29, 1.82) is 0 Å². The van der Waals surface area contributed by atoms with E-state index < -0.39 is 48.4 Å². The lowest BCUT2D eigenvalue weighted by atomic mass is 10.0. The number of imide groups is 1. The topological polar surface area (TPSA) is 137 Å². The zero-order valence-electron chi connectivity index (χ0n) is 27.4. The molecule has 4 aromatic carbocycles. The van der Waals surface area contributed by atoms with Crippen LogP contribution in [0, 0.1) is 5.82 Å². The Labute approximate surface area is 287 Å². The van der Waals surface area contributed by atoms with Crippen LogP contribution in [0.15, 0.2) is 91.0 Å². The second-order valence-corrected chi connectivity index (χ2v) is 10.7. The van der Waals surface area contributed by atoms with Crippen molar-refractivity contribution in [3.63, 3.8) is 0 Å². The molecule has 1 N–H and O–H groups in total. The van der Waals surface area contributed by atoms with Gasteiger partial charge in [0.15, 0.2) is 31.3 Å². The van der Waals surface area contributed by atoms with Crippen molar-refractivity contribution < 1.29 is 56.7 Å². The molecule has 1 atom stereocenters. The van der Waals surface area contributed by atoms with Crippen molar-refractivity contribution in [1.82, 2.24) is 5.32 Å². The van der Waals surface area contributed by atoms with E-state index in [0.717, 1.165) is 6.07 Å². The molecule has 1 aliphatic heterocycles. The molecular weight excluding hydrogens is 653 g/mol. The summed E-state index contributed by atoms with van der Waals surface area (Å²) >= 11 is 0. The maximum atomic E-state index is 15.5. The second kappa shape index (κ2) is 17.9. The zero-order chi connectivity index (χ0) is 35.3. The SMILES string of the molecule is COCCOCOc1c(F)ccc(C(Oc2cccc3c2C(=O)NC3=O)C(=O)OC(c2ccccc2)c2ccccc2)c1OCOCCOC. The summed E-state index contributed by atoms with van der Waals surface area (Å²) in [5.41, 5.74) is 1.28. The van der Waals surface area contributed by atoms with Crippen LogP contribution in [0.1, 0.15) is 49.6 Å². The third-order valence-corrected chi connectivity index (χ3v) is 7.44. The van der Waals surface area contributed by atoms with Crippen molar-refractivity contribution in [2.75, 3.05) is 54.2 Å². The molecule has 262 valence electrons. The predicted molar refractivity (Wildman–Crippen MR) is 175 cm³/mol. The van der Waals surface area contributed by atoms with E-state index in [1.54, 1.807) is 24.3 Å². The van der Waals surface area contributed by atoms with E-state index in [-0.39, 0.29) is 61.4 Å². The van der Waals surface area contributed by atoms with Gasteiger partial charge in [-0.1, -0.05) is 66.7 Å². The smallest absolute Gasteiger partial charge is 0.353 e. The first-order chi connectivity index (χ1) is 24.4. The van der Waals surface area contributed by atoms with Gasteiger partial charge in [-0.2, -0.15) is 0 Å². The van der Waals surface area contributed by atoms with Crippen LogP contribution in [-0.2, 0) is 28.5 Å². The van der Waals surface area contributed by atoms with Gasteiger partial charge < -0.3 is 37.9 Å². The molecule has 1 unspecified atom stereocenters. The van der Waals surface area contributed by atoms with Gasteiger partial charge in [0.1, 0.15) is 5.75 Å². The van der Waals surface area contributed by atoms with Gasteiger partial charge in [-0.15, -0.1) is 0 Å². The minimum Gasteiger partial charge on any atom is -0.473 e. The van der Waals surface area contributed by atoms with Crippen LogP contribution < -0.4 is 19.5 Å². The Morgan fingerprint density at radius 1 is 0.700 bits per heavy atom. The van der Waals surface area contributed by atoms with E-state index in [1.165, 1.54) is 38.5 Å². The molecule has 2 amide bonds. The molecule has 1 aliphatic rings. The van der Waals surface area contributed by atoms with Gasteiger partial charge in [0.25, 0.3) is 11.8 Å². The van der Waals surface area contributed by atoms with Crippen LogP contribution in [0.2, 0.25) is 0 Å². The lowest BCUT2D eigenvalue weighted by molar-refractivity contribution is -0.156. The minimum absolute atomic E-state index is 0.0270. The molecule has 4 aromatic rings. The fourth-order valence-electron chi connectivity index (χ4n) is 5.06. The maximum Gasteiger partial charge on any atom is 0.353 e. The number of halogens is 1. The summed E-state index contributed by atoms with van der Waals surface area (Å²) in [6.45, 7) is 0.0527. The molecule has 0 spiro atoms. The number of carbonyl (C=O) groups is 3. The van der Waals surface area contributed by atoms with Crippen molar-refractivity contribution in [3.8, 4) is 17.2 Å². The molecule has 1 heterocycles. The highest BCUT2D eigenvalue weighted by Gasteiger charge is 2.37. The van der Waals surface area contributed by atoms with Gasteiger partial charge in [0.2, 0.25) is 11.9 Å². The van der Waals surface area contributed by atoms with Gasteiger partial charge in [-0.3, -0.25) is 14.9 Å². The quantitative estimate of drug-likeness (QED) is 0.0605. The molecule has 0 saturated heterocycles. The number of hydrogen-bond donors (Lipinski definition) is 1. The van der Waals surface area contributed by atoms with Crippen LogP contribution in [0.25, 0.3) is 0 Å². The van der Waals surface area contributed by atoms with E-state index in [0.29, 0.717) is 11.1 Å². The summed E-state index contributed by atoms with van der Waals surface area (Å²) in [5.74, 6) is -3.83. The van der Waals surface area contributed by atoms with Crippen LogP contribution in [0.5, 0.6) is 17.2 Å². The molecule has 12 nitrogen and oxygen atoms in total. The lowest BCUT2D eigenvalue weighted by Crippen LogP contribution is -2.26. The number of methoxy groups -OCH3 is 2. The van der Waals surface area contributed by atoms with Gasteiger partial charge in [0, 0.05) is 14.2 Å². The summed E-state index contributed by atoms with van der Waals surface area (Å²) in [4.78, 5) is 39.8. The third-order valence-electron chi connectivity index (χ3n) is 7.44. The Bertz CT molecular complexity index is 1710. The number of esters is 1. The third kappa shape index (κ3) is 8.81. The van der Waals surface area contributed by atoms with Gasteiger partial charge in [-0.25, -0.2) is 9.18 Å². The van der Waals surface area contributed by atoms with Crippen molar-refractivity contribution in [3.05, 3.63) is 125 Å². The molecule has 0 saturated carbocycles. The van der Waals surface area contributed by atoms with E-state index in [1.807, 2.05) is 36.4 Å². The average molecular weight is 690 g/mol. The van der Waals surface area contributed by atoms with Gasteiger partial charge >= 0.3 is 5.97 Å². The number of ether oxygens (including phenoxy) is 8. The molecular formula is C37H36FNO11. The Hall–Kier alpha value is -5.34. The second-order valence-electron chi connectivity index (χ2n) is 10.7. The molecule has 5 rings (SSSR count). The van der Waals surface area contributed by atoms with Gasteiger partial charge in [0.05, 0.1) is 43.1 Å². The summed E-state index contributed by atoms with van der Waals surface area (Å²) < 4.78 is 60.4. The average Bonchev–Trinajstić information content (AvgIpc) is 3.44. The van der Waals surface area contributed by atoms with E-state index in [2.05, 4.69) is 5.32 Å². The van der Waals surface area contributed by atoms with E-state index in [4.69, 9.17) is 37.9 Å². The van der Waals surface area contributed by atoms with Crippen LogP contribution in [0.3, 0.4) is 0 Å². The van der Waals surface area contributed by atoms with E-state index in [9.17, 15) is 14.4 Å². The summed E-state index contributed by atoms with van der Waals surface area (Å²) in [5, 5.41) is 2.23. The maximum absolute atomic E-state index is 15.5. The number of rotatable bonds is 19. The predicted octanol–water partition coefficient (Wildman–Crippen LogP) is 5.16. The number of hydrogen-bond acceptors (Lipinski definition) is 11. The van der Waals surface area contributed by atoms with Gasteiger partial charge in [-0.05, 0) is 35.4 Å². The normalized spacial score (nSPS) is 12.7. The summed E-state index contributed by atoms with van der Waals surface area (Å²) in [6, 6.07) is 24.9. The van der Waals surface area contributed by atoms with Crippen molar-refractivity contribution in [2.24, 2.45) is 0 Å². The fourth-order valence-corrected chi connectivity index (χ4v) is 5.06. The monoisotopic (exact) mass is 689 g/mol. The number of fused-ring (bicyclic) bond motifs is 1. The molecule has 50 heavy (non-hydrogen) atoms. The lowest BCUT2D eigenvalue weighted by Gasteiger charge is -2.26. The molecule has 0 aromatic heterocycles. The minimum atomic E-state index is -1.69. The number of carbonyl (C=O) groups excluding carboxylic acids is 3. The summed E-state index contributed by atoms with van der Waals surface area (Å²) in [7, 11) is 3.01. The molecule has 13 heteroatoms. The highest BCUT2D eigenvalue weighted by atomic mass is 19.1. The largest absolute Gasteiger partial charge is 0.473 e.